The Morgan fingerprint density at radius 3 is 2.94 bits per heavy atom. The molecule has 1 rings (SSSR count). The largest absolute Gasteiger partial charge is 0.493 e. The van der Waals surface area contributed by atoms with Crippen molar-refractivity contribution in [3.8, 4) is 18.1 Å². The maximum absolute atomic E-state index is 6.03. The van der Waals surface area contributed by atoms with E-state index in [9.17, 15) is 0 Å². The highest BCUT2D eigenvalue weighted by Crippen LogP contribution is 2.28. The molecule has 1 aromatic rings. The van der Waals surface area contributed by atoms with Crippen molar-refractivity contribution in [2.75, 3.05) is 13.2 Å². The van der Waals surface area contributed by atoms with Crippen molar-refractivity contribution in [3.05, 3.63) is 28.8 Å². The number of benzene rings is 1. The number of hydrogen-bond acceptors (Lipinski definition) is 2. The maximum atomic E-state index is 6.03. The van der Waals surface area contributed by atoms with Crippen LogP contribution in [0.1, 0.15) is 38.3 Å². The summed E-state index contributed by atoms with van der Waals surface area (Å²) in [4.78, 5) is 0. The number of hydrogen-bond donors (Lipinski definition) is 1. The summed E-state index contributed by atoms with van der Waals surface area (Å²) >= 11 is 6.03. The quantitative estimate of drug-likeness (QED) is 0.598. The van der Waals surface area contributed by atoms with Gasteiger partial charge in [-0.1, -0.05) is 18.5 Å². The fourth-order valence-corrected chi connectivity index (χ4v) is 1.94. The molecule has 0 radical (unpaired) electrons. The topological polar surface area (TPSA) is 21.3 Å². The molecule has 1 aromatic carbocycles. The van der Waals surface area contributed by atoms with Crippen molar-refractivity contribution in [3.63, 3.8) is 0 Å². The molecule has 3 heteroatoms. The summed E-state index contributed by atoms with van der Waals surface area (Å²) in [6.45, 7) is 5.72. The van der Waals surface area contributed by atoms with Crippen LogP contribution in [0.4, 0.5) is 0 Å². The lowest BCUT2D eigenvalue weighted by atomic mass is 10.1. The minimum atomic E-state index is 0.219. The van der Waals surface area contributed by atoms with Gasteiger partial charge in [-0.3, -0.25) is 0 Å². The van der Waals surface area contributed by atoms with Gasteiger partial charge in [-0.05, 0) is 38.1 Å². The Morgan fingerprint density at radius 2 is 2.28 bits per heavy atom. The maximum Gasteiger partial charge on any atom is 0.124 e. The molecule has 0 bridgehead atoms. The lowest BCUT2D eigenvalue weighted by Crippen LogP contribution is -2.18. The van der Waals surface area contributed by atoms with Crippen molar-refractivity contribution in [2.24, 2.45) is 0 Å². The Kier molecular flexibility index (Phi) is 6.64. The fourth-order valence-electron chi connectivity index (χ4n) is 1.76. The molecular weight excluding hydrogens is 246 g/mol. The summed E-state index contributed by atoms with van der Waals surface area (Å²) in [6.07, 6.45) is 6.82. The number of terminal acetylenes is 1. The van der Waals surface area contributed by atoms with E-state index in [2.05, 4.69) is 25.1 Å². The van der Waals surface area contributed by atoms with Gasteiger partial charge in [-0.15, -0.1) is 12.3 Å². The Balaban J connectivity index is 2.73. The van der Waals surface area contributed by atoms with Gasteiger partial charge in [-0.2, -0.15) is 0 Å². The van der Waals surface area contributed by atoms with Crippen LogP contribution < -0.4 is 10.1 Å². The smallest absolute Gasteiger partial charge is 0.124 e. The molecule has 98 valence electrons. The summed E-state index contributed by atoms with van der Waals surface area (Å²) in [5.41, 5.74) is 1.09. The minimum absolute atomic E-state index is 0.219. The zero-order valence-electron chi connectivity index (χ0n) is 11.0. The summed E-state index contributed by atoms with van der Waals surface area (Å²) in [7, 11) is 0. The van der Waals surface area contributed by atoms with Crippen LogP contribution in [0.5, 0.6) is 5.75 Å². The Morgan fingerprint density at radius 1 is 1.50 bits per heavy atom. The minimum Gasteiger partial charge on any atom is -0.493 e. The average Bonchev–Trinajstić information content (AvgIpc) is 2.36. The van der Waals surface area contributed by atoms with Crippen LogP contribution in [-0.4, -0.2) is 13.2 Å². The molecule has 0 saturated carbocycles. The first-order chi connectivity index (χ1) is 8.69. The van der Waals surface area contributed by atoms with Crippen LogP contribution in [-0.2, 0) is 0 Å². The van der Waals surface area contributed by atoms with Gasteiger partial charge in [0.2, 0.25) is 0 Å². The molecule has 1 unspecified atom stereocenters. The van der Waals surface area contributed by atoms with Gasteiger partial charge >= 0.3 is 0 Å². The van der Waals surface area contributed by atoms with Gasteiger partial charge in [0, 0.05) is 23.0 Å². The number of ether oxygens (including phenoxy) is 1. The van der Waals surface area contributed by atoms with Crippen molar-refractivity contribution in [1.29, 1.82) is 0 Å². The number of rotatable bonds is 7. The highest BCUT2D eigenvalue weighted by atomic mass is 35.5. The lowest BCUT2D eigenvalue weighted by Gasteiger charge is -2.18. The molecule has 2 nitrogen and oxygen atoms in total. The highest BCUT2D eigenvalue weighted by molar-refractivity contribution is 6.30. The van der Waals surface area contributed by atoms with Gasteiger partial charge in [-0.25, -0.2) is 0 Å². The molecule has 0 aromatic heterocycles. The molecule has 0 fully saturated rings. The van der Waals surface area contributed by atoms with Crippen molar-refractivity contribution < 1.29 is 4.74 Å². The van der Waals surface area contributed by atoms with Gasteiger partial charge in [0.05, 0.1) is 6.61 Å². The lowest BCUT2D eigenvalue weighted by molar-refractivity contribution is 0.307. The van der Waals surface area contributed by atoms with Crippen LogP contribution in [0.25, 0.3) is 0 Å². The van der Waals surface area contributed by atoms with Crippen molar-refractivity contribution in [1.82, 2.24) is 5.32 Å². The molecule has 0 saturated heterocycles. The Bertz CT molecular complexity index is 411. The fraction of sp³-hybridized carbons (Fsp3) is 0.467. The summed E-state index contributed by atoms with van der Waals surface area (Å²) in [6, 6.07) is 5.93. The van der Waals surface area contributed by atoms with Crippen molar-refractivity contribution in [2.45, 2.75) is 32.7 Å². The zero-order valence-corrected chi connectivity index (χ0v) is 11.8. The first-order valence-corrected chi connectivity index (χ1v) is 6.66. The molecule has 0 aliphatic carbocycles. The first kappa shape index (κ1) is 14.9. The van der Waals surface area contributed by atoms with Crippen molar-refractivity contribution >= 4 is 11.6 Å². The van der Waals surface area contributed by atoms with E-state index in [0.717, 1.165) is 35.7 Å². The normalized spacial score (nSPS) is 11.9. The van der Waals surface area contributed by atoms with Crippen LogP contribution in [0.2, 0.25) is 5.02 Å². The van der Waals surface area contributed by atoms with E-state index in [1.165, 1.54) is 0 Å². The standard InChI is InChI=1S/C15H20ClNO/c1-4-6-7-10-18-15-9-8-13(16)11-14(15)12(3)17-5-2/h1,8-9,11-12,17H,5-7,10H2,2-3H3. The predicted octanol–water partition coefficient (Wildman–Crippen LogP) is 3.80. The van der Waals surface area contributed by atoms with Crippen LogP contribution in [0.15, 0.2) is 18.2 Å². The third-order valence-corrected chi connectivity index (χ3v) is 2.91. The Hall–Kier alpha value is -1.17. The van der Waals surface area contributed by atoms with E-state index in [4.69, 9.17) is 22.8 Å². The molecule has 0 aliphatic rings. The second-order valence-electron chi connectivity index (χ2n) is 4.12. The third-order valence-electron chi connectivity index (χ3n) is 2.67. The Labute approximate surface area is 115 Å². The van der Waals surface area contributed by atoms with Gasteiger partial charge in [0.15, 0.2) is 0 Å². The van der Waals surface area contributed by atoms with E-state index in [-0.39, 0.29) is 6.04 Å². The van der Waals surface area contributed by atoms with Gasteiger partial charge < -0.3 is 10.1 Å². The van der Waals surface area contributed by atoms with E-state index in [0.29, 0.717) is 6.61 Å². The second-order valence-corrected chi connectivity index (χ2v) is 4.55. The summed E-state index contributed by atoms with van der Waals surface area (Å²) < 4.78 is 5.77. The highest BCUT2D eigenvalue weighted by Gasteiger charge is 2.11. The van der Waals surface area contributed by atoms with Gasteiger partial charge in [0.1, 0.15) is 5.75 Å². The molecule has 18 heavy (non-hydrogen) atoms. The van der Waals surface area contributed by atoms with E-state index in [1.807, 2.05) is 18.2 Å². The first-order valence-electron chi connectivity index (χ1n) is 6.28. The molecule has 1 N–H and O–H groups in total. The van der Waals surface area contributed by atoms with Crippen LogP contribution in [0.3, 0.4) is 0 Å². The second kappa shape index (κ2) is 8.02. The number of nitrogens with one attached hydrogen (secondary N) is 1. The average molecular weight is 266 g/mol. The molecule has 1 atom stereocenters. The van der Waals surface area contributed by atoms with Crippen LogP contribution >= 0.6 is 11.6 Å². The predicted molar refractivity (Wildman–Crippen MR) is 77.1 cm³/mol. The monoisotopic (exact) mass is 265 g/mol. The molecule has 0 amide bonds. The zero-order chi connectivity index (χ0) is 13.4. The molecular formula is C15H20ClNO. The molecule has 0 heterocycles. The summed E-state index contributed by atoms with van der Waals surface area (Å²) in [5.74, 6) is 3.49. The van der Waals surface area contributed by atoms with E-state index in [1.54, 1.807) is 0 Å². The molecule has 0 spiro atoms. The summed E-state index contributed by atoms with van der Waals surface area (Å²) in [5, 5.41) is 4.09. The number of unbranched alkanes of at least 4 members (excludes halogenated alkanes) is 1. The number of halogens is 1. The SMILES string of the molecule is C#CCCCOc1ccc(Cl)cc1C(C)NCC. The van der Waals surface area contributed by atoms with Gasteiger partial charge in [0.25, 0.3) is 0 Å². The van der Waals surface area contributed by atoms with E-state index < -0.39 is 0 Å². The molecule has 0 aliphatic heterocycles. The third kappa shape index (κ3) is 4.60. The van der Waals surface area contributed by atoms with Crippen LogP contribution in [0, 0.1) is 12.3 Å². The van der Waals surface area contributed by atoms with E-state index >= 15 is 0 Å².